The summed E-state index contributed by atoms with van der Waals surface area (Å²) in [5.74, 6) is -2.02. The Balaban J connectivity index is 1.96. The molecule has 0 saturated heterocycles. The number of hydrogen-bond acceptors (Lipinski definition) is 4. The summed E-state index contributed by atoms with van der Waals surface area (Å²) in [6.07, 6.45) is 3.13. The van der Waals surface area contributed by atoms with Gasteiger partial charge in [-0.15, -0.1) is 0 Å². The molecule has 1 unspecified atom stereocenters. The van der Waals surface area contributed by atoms with Crippen LogP contribution in [0, 0.1) is 24.2 Å². The molecule has 0 aliphatic heterocycles. The molecule has 0 aliphatic rings. The zero-order valence-electron chi connectivity index (χ0n) is 11.8. The molecule has 5 nitrogen and oxygen atoms in total. The van der Waals surface area contributed by atoms with Crippen molar-refractivity contribution in [1.82, 2.24) is 4.98 Å². The molecular weight excluding hydrogens is 280 g/mol. The molecule has 0 bridgehead atoms. The Labute approximate surface area is 126 Å². The lowest BCUT2D eigenvalue weighted by Gasteiger charge is -2.07. The average Bonchev–Trinajstić information content (AvgIpc) is 3.15. The molecule has 0 aliphatic carbocycles. The number of aromatic amines is 1. The molecule has 2 heterocycles. The number of rotatable bonds is 4. The van der Waals surface area contributed by atoms with Crippen LogP contribution < -0.4 is 0 Å². The number of H-pyrrole nitrogens is 1. The largest absolute Gasteiger partial charge is 0.469 e. The minimum absolute atomic E-state index is 0.265. The number of aryl methyl sites for hydroxylation is 1. The minimum atomic E-state index is -1.37. The van der Waals surface area contributed by atoms with Crippen LogP contribution in [-0.2, 0) is 0 Å². The van der Waals surface area contributed by atoms with E-state index in [1.807, 2.05) is 6.07 Å². The first-order valence-electron chi connectivity index (χ1n) is 6.71. The van der Waals surface area contributed by atoms with Crippen molar-refractivity contribution in [2.45, 2.75) is 6.92 Å². The Hall–Kier alpha value is -3.13. The molecule has 0 radical (unpaired) electrons. The summed E-state index contributed by atoms with van der Waals surface area (Å²) in [5, 5.41) is 10.2. The summed E-state index contributed by atoms with van der Waals surface area (Å²) in [6, 6.07) is 10.2. The molecule has 0 fully saturated rings. The number of aromatic nitrogens is 1. The van der Waals surface area contributed by atoms with Gasteiger partial charge in [0.05, 0.1) is 17.9 Å². The van der Waals surface area contributed by atoms with Gasteiger partial charge in [-0.3, -0.25) is 9.59 Å². The van der Waals surface area contributed by atoms with E-state index in [1.165, 1.54) is 12.3 Å². The first kappa shape index (κ1) is 13.8. The number of benzene rings is 1. The van der Waals surface area contributed by atoms with Crippen LogP contribution in [0.4, 0.5) is 0 Å². The summed E-state index contributed by atoms with van der Waals surface area (Å²) in [4.78, 5) is 27.9. The molecule has 1 N–H and O–H groups in total. The number of nitrogens with one attached hydrogen (secondary N) is 1. The molecular formula is C17H12N2O3. The topological polar surface area (TPSA) is 86.9 Å². The number of nitriles is 1. The van der Waals surface area contributed by atoms with E-state index in [4.69, 9.17) is 4.42 Å². The summed E-state index contributed by atoms with van der Waals surface area (Å²) < 4.78 is 5.07. The van der Waals surface area contributed by atoms with Crippen molar-refractivity contribution in [2.24, 2.45) is 5.92 Å². The van der Waals surface area contributed by atoms with Gasteiger partial charge in [0.15, 0.2) is 17.5 Å². The van der Waals surface area contributed by atoms with Crippen LogP contribution in [0.2, 0.25) is 0 Å². The summed E-state index contributed by atoms with van der Waals surface area (Å²) in [6.45, 7) is 1.62. The van der Waals surface area contributed by atoms with Crippen LogP contribution in [0.5, 0.6) is 0 Å². The van der Waals surface area contributed by atoms with E-state index in [2.05, 4.69) is 4.98 Å². The smallest absolute Gasteiger partial charge is 0.191 e. The molecule has 2 aromatic heterocycles. The lowest BCUT2D eigenvalue weighted by atomic mass is 9.91. The third-order valence-corrected chi connectivity index (χ3v) is 3.62. The van der Waals surface area contributed by atoms with Gasteiger partial charge in [0.2, 0.25) is 0 Å². The van der Waals surface area contributed by atoms with Crippen LogP contribution in [0.15, 0.2) is 47.2 Å². The maximum Gasteiger partial charge on any atom is 0.191 e. The lowest BCUT2D eigenvalue weighted by Crippen LogP contribution is -2.23. The van der Waals surface area contributed by atoms with Crippen molar-refractivity contribution >= 4 is 22.5 Å². The molecule has 1 aromatic carbocycles. The molecule has 3 aromatic rings. The van der Waals surface area contributed by atoms with Crippen molar-refractivity contribution in [1.29, 1.82) is 5.26 Å². The molecule has 5 heteroatoms. The second kappa shape index (κ2) is 5.34. The van der Waals surface area contributed by atoms with Crippen molar-refractivity contribution in [3.05, 3.63) is 59.7 Å². The van der Waals surface area contributed by atoms with Crippen LogP contribution >= 0.6 is 0 Å². The summed E-state index contributed by atoms with van der Waals surface area (Å²) in [5.41, 5.74) is 1.38. The third kappa shape index (κ3) is 2.21. The van der Waals surface area contributed by atoms with Gasteiger partial charge in [0.1, 0.15) is 5.76 Å². The SMILES string of the molecule is Cc1occc1C(=O)C(C#N)C(=O)c1ccc2cc[nH]c2c1. The number of carbonyl (C=O) groups is 2. The van der Waals surface area contributed by atoms with Gasteiger partial charge in [-0.2, -0.15) is 5.26 Å². The first-order chi connectivity index (χ1) is 10.6. The first-order valence-corrected chi connectivity index (χ1v) is 6.71. The average molecular weight is 292 g/mol. The fraction of sp³-hybridized carbons (Fsp3) is 0.118. The second-order valence-electron chi connectivity index (χ2n) is 4.96. The zero-order valence-corrected chi connectivity index (χ0v) is 11.8. The van der Waals surface area contributed by atoms with E-state index < -0.39 is 17.5 Å². The Kier molecular flexibility index (Phi) is 3.36. The highest BCUT2D eigenvalue weighted by Gasteiger charge is 2.30. The van der Waals surface area contributed by atoms with Gasteiger partial charge in [0, 0.05) is 17.3 Å². The van der Waals surface area contributed by atoms with E-state index in [0.29, 0.717) is 11.3 Å². The Bertz CT molecular complexity index is 911. The molecule has 3 rings (SSSR count). The van der Waals surface area contributed by atoms with E-state index in [0.717, 1.165) is 10.9 Å². The van der Waals surface area contributed by atoms with Crippen LogP contribution in [0.25, 0.3) is 10.9 Å². The normalized spacial score (nSPS) is 12.0. The van der Waals surface area contributed by atoms with Crippen molar-refractivity contribution < 1.29 is 14.0 Å². The maximum atomic E-state index is 12.5. The highest BCUT2D eigenvalue weighted by atomic mass is 16.3. The molecule has 22 heavy (non-hydrogen) atoms. The molecule has 0 amide bonds. The highest BCUT2D eigenvalue weighted by molar-refractivity contribution is 6.18. The van der Waals surface area contributed by atoms with E-state index in [-0.39, 0.29) is 5.56 Å². The number of nitrogens with zero attached hydrogens (tertiary/aromatic N) is 1. The number of Topliss-reactive ketones (excluding diaryl/α,β-unsaturated/α-hetero) is 2. The Morgan fingerprint density at radius 2 is 2.05 bits per heavy atom. The zero-order chi connectivity index (χ0) is 15.7. The Morgan fingerprint density at radius 3 is 2.73 bits per heavy atom. The maximum absolute atomic E-state index is 12.5. The quantitative estimate of drug-likeness (QED) is 0.590. The lowest BCUT2D eigenvalue weighted by molar-refractivity contribution is 0.0845. The van der Waals surface area contributed by atoms with E-state index in [9.17, 15) is 14.9 Å². The standard InChI is InChI=1S/C17H12N2O3/c1-10-13(5-7-22-10)17(21)14(9-18)16(20)12-3-2-11-4-6-19-15(11)8-12/h2-8,14,19H,1H3. The van der Waals surface area contributed by atoms with Crippen LogP contribution in [0.3, 0.4) is 0 Å². The van der Waals surface area contributed by atoms with Crippen LogP contribution in [-0.4, -0.2) is 16.6 Å². The van der Waals surface area contributed by atoms with Gasteiger partial charge >= 0.3 is 0 Å². The Morgan fingerprint density at radius 1 is 1.23 bits per heavy atom. The van der Waals surface area contributed by atoms with Gasteiger partial charge in [-0.05, 0) is 30.5 Å². The number of hydrogen-bond donors (Lipinski definition) is 1. The molecule has 1 atom stereocenters. The second-order valence-corrected chi connectivity index (χ2v) is 4.96. The number of ketones is 2. The van der Waals surface area contributed by atoms with Gasteiger partial charge in [-0.25, -0.2) is 0 Å². The fourth-order valence-corrected chi connectivity index (χ4v) is 2.40. The number of furan rings is 1. The highest BCUT2D eigenvalue weighted by Crippen LogP contribution is 2.21. The van der Waals surface area contributed by atoms with Crippen molar-refractivity contribution in [3.8, 4) is 6.07 Å². The van der Waals surface area contributed by atoms with Crippen molar-refractivity contribution in [3.63, 3.8) is 0 Å². The van der Waals surface area contributed by atoms with Crippen molar-refractivity contribution in [2.75, 3.05) is 0 Å². The van der Waals surface area contributed by atoms with Gasteiger partial charge in [-0.1, -0.05) is 12.1 Å². The minimum Gasteiger partial charge on any atom is -0.469 e. The number of carbonyl (C=O) groups excluding carboxylic acids is 2. The third-order valence-electron chi connectivity index (χ3n) is 3.62. The predicted molar refractivity (Wildman–Crippen MR) is 79.5 cm³/mol. The summed E-state index contributed by atoms with van der Waals surface area (Å²) >= 11 is 0. The summed E-state index contributed by atoms with van der Waals surface area (Å²) in [7, 11) is 0. The van der Waals surface area contributed by atoms with Gasteiger partial charge in [0.25, 0.3) is 0 Å². The molecule has 0 spiro atoms. The molecule has 0 saturated carbocycles. The van der Waals surface area contributed by atoms with E-state index in [1.54, 1.807) is 37.4 Å². The van der Waals surface area contributed by atoms with E-state index >= 15 is 0 Å². The number of fused-ring (bicyclic) bond motifs is 1. The predicted octanol–water partition coefficient (Wildman–Crippen LogP) is 3.27. The monoisotopic (exact) mass is 292 g/mol. The molecule has 108 valence electrons. The fourth-order valence-electron chi connectivity index (χ4n) is 2.40. The van der Waals surface area contributed by atoms with Crippen LogP contribution in [0.1, 0.15) is 26.5 Å². The van der Waals surface area contributed by atoms with Gasteiger partial charge < -0.3 is 9.40 Å².